The molecule has 1 unspecified atom stereocenters. The van der Waals surface area contributed by atoms with E-state index in [4.69, 9.17) is 5.73 Å². The Bertz CT molecular complexity index is 1020. The summed E-state index contributed by atoms with van der Waals surface area (Å²) < 4.78 is 2.06. The maximum absolute atomic E-state index is 13.0. The highest BCUT2D eigenvalue weighted by atomic mass is 16.2. The van der Waals surface area contributed by atoms with Crippen LogP contribution in [0.1, 0.15) is 22.8 Å². The molecule has 1 atom stereocenters. The fourth-order valence-electron chi connectivity index (χ4n) is 3.66. The van der Waals surface area contributed by atoms with Gasteiger partial charge in [0, 0.05) is 46.0 Å². The Labute approximate surface area is 163 Å². The first-order chi connectivity index (χ1) is 13.2. The summed E-state index contributed by atoms with van der Waals surface area (Å²) in [6.07, 6.45) is 0. The lowest BCUT2D eigenvalue weighted by Crippen LogP contribution is -2.53. The second kappa shape index (κ2) is 7.63. The number of nitrogens with zero attached hydrogens (tertiary/aromatic N) is 4. The zero-order valence-electron chi connectivity index (χ0n) is 16.8. The second-order valence-electron chi connectivity index (χ2n) is 7.37. The van der Waals surface area contributed by atoms with Gasteiger partial charge >= 0.3 is 5.69 Å². The minimum atomic E-state index is -0.643. The number of aromatic nitrogens is 2. The molecule has 28 heavy (non-hydrogen) atoms. The van der Waals surface area contributed by atoms with Crippen molar-refractivity contribution in [2.45, 2.75) is 19.9 Å². The van der Waals surface area contributed by atoms with E-state index in [0.29, 0.717) is 13.1 Å². The molecule has 1 aliphatic heterocycles. The molecular formula is C20H27N5O3. The summed E-state index contributed by atoms with van der Waals surface area (Å²) in [5.41, 5.74) is 7.03. The van der Waals surface area contributed by atoms with Crippen LogP contribution in [0.15, 0.2) is 33.9 Å². The molecule has 0 aliphatic carbocycles. The van der Waals surface area contributed by atoms with Crippen molar-refractivity contribution in [2.75, 3.05) is 36.8 Å². The van der Waals surface area contributed by atoms with Gasteiger partial charge in [-0.05, 0) is 31.5 Å². The summed E-state index contributed by atoms with van der Waals surface area (Å²) in [5.74, 6) is -0.430. The van der Waals surface area contributed by atoms with Crippen LogP contribution in [-0.4, -0.2) is 52.0 Å². The number of hydrogen-bond donors (Lipinski definition) is 1. The number of ketones is 1. The summed E-state index contributed by atoms with van der Waals surface area (Å²) >= 11 is 0. The SMILES string of the molecule is Cc1cccc(N2CCN(C(C)C(=O)c3c(N)n(C)c(=O)n(C)c3=O)CC2)c1. The number of nitrogens with two attached hydrogens (primary N) is 1. The van der Waals surface area contributed by atoms with Crippen molar-refractivity contribution in [3.8, 4) is 0 Å². The largest absolute Gasteiger partial charge is 0.384 e. The Hall–Kier alpha value is -2.87. The van der Waals surface area contributed by atoms with Crippen molar-refractivity contribution in [2.24, 2.45) is 14.1 Å². The van der Waals surface area contributed by atoms with Crippen LogP contribution in [0.2, 0.25) is 0 Å². The minimum absolute atomic E-state index is 0.0802. The summed E-state index contributed by atoms with van der Waals surface area (Å²) in [6, 6.07) is 7.86. The Morgan fingerprint density at radius 3 is 2.32 bits per heavy atom. The molecule has 0 bridgehead atoms. The normalized spacial score (nSPS) is 16.2. The lowest BCUT2D eigenvalue weighted by molar-refractivity contribution is 0.0828. The zero-order valence-corrected chi connectivity index (χ0v) is 16.8. The van der Waals surface area contributed by atoms with E-state index in [9.17, 15) is 14.4 Å². The van der Waals surface area contributed by atoms with Crippen LogP contribution in [0.5, 0.6) is 0 Å². The van der Waals surface area contributed by atoms with Crippen molar-refractivity contribution < 1.29 is 4.79 Å². The number of benzene rings is 1. The predicted octanol–water partition coefficient (Wildman–Crippen LogP) is 0.368. The molecule has 3 rings (SSSR count). The maximum atomic E-state index is 13.0. The molecule has 2 aromatic rings. The van der Waals surface area contributed by atoms with E-state index in [2.05, 4.69) is 34.9 Å². The molecule has 8 nitrogen and oxygen atoms in total. The maximum Gasteiger partial charge on any atom is 0.332 e. The van der Waals surface area contributed by atoms with Gasteiger partial charge in [-0.25, -0.2) is 4.79 Å². The molecule has 150 valence electrons. The van der Waals surface area contributed by atoms with E-state index in [0.717, 1.165) is 22.2 Å². The number of rotatable bonds is 4. The zero-order chi connectivity index (χ0) is 20.6. The molecule has 1 aromatic carbocycles. The van der Waals surface area contributed by atoms with Gasteiger partial charge < -0.3 is 10.6 Å². The van der Waals surface area contributed by atoms with Crippen LogP contribution in [-0.2, 0) is 14.1 Å². The molecule has 2 heterocycles. The van der Waals surface area contributed by atoms with E-state index in [1.54, 1.807) is 6.92 Å². The average molecular weight is 385 g/mol. The highest BCUT2D eigenvalue weighted by Gasteiger charge is 2.30. The summed E-state index contributed by atoms with van der Waals surface area (Å²) in [4.78, 5) is 41.8. The van der Waals surface area contributed by atoms with Gasteiger partial charge in [0.1, 0.15) is 11.4 Å². The van der Waals surface area contributed by atoms with Gasteiger partial charge in [0.15, 0.2) is 5.78 Å². The molecule has 1 aromatic heterocycles. The minimum Gasteiger partial charge on any atom is -0.384 e. The lowest BCUT2D eigenvalue weighted by atomic mass is 10.0. The number of nitrogen functional groups attached to an aromatic ring is 1. The number of carbonyl (C=O) groups is 1. The van der Waals surface area contributed by atoms with Gasteiger partial charge in [0.25, 0.3) is 5.56 Å². The first-order valence-corrected chi connectivity index (χ1v) is 9.37. The lowest BCUT2D eigenvalue weighted by Gasteiger charge is -2.38. The van der Waals surface area contributed by atoms with Crippen LogP contribution in [0, 0.1) is 6.92 Å². The highest BCUT2D eigenvalue weighted by molar-refractivity contribution is 6.03. The Morgan fingerprint density at radius 1 is 1.07 bits per heavy atom. The monoisotopic (exact) mass is 385 g/mol. The second-order valence-corrected chi connectivity index (χ2v) is 7.37. The van der Waals surface area contributed by atoms with Crippen LogP contribution < -0.4 is 21.9 Å². The molecule has 0 radical (unpaired) electrons. The van der Waals surface area contributed by atoms with Gasteiger partial charge in [0.05, 0.1) is 6.04 Å². The van der Waals surface area contributed by atoms with Crippen LogP contribution in [0.4, 0.5) is 11.5 Å². The Morgan fingerprint density at radius 2 is 1.71 bits per heavy atom. The molecule has 0 spiro atoms. The molecule has 1 saturated heterocycles. The van der Waals surface area contributed by atoms with E-state index < -0.39 is 17.3 Å². The topological polar surface area (TPSA) is 93.6 Å². The third-order valence-corrected chi connectivity index (χ3v) is 5.56. The highest BCUT2D eigenvalue weighted by Crippen LogP contribution is 2.19. The van der Waals surface area contributed by atoms with Gasteiger partial charge in [-0.2, -0.15) is 0 Å². The number of piperazine rings is 1. The van der Waals surface area contributed by atoms with Crippen LogP contribution in [0.25, 0.3) is 0 Å². The molecular weight excluding hydrogens is 358 g/mol. The Kier molecular flexibility index (Phi) is 5.42. The molecule has 2 N–H and O–H groups in total. The summed E-state index contributed by atoms with van der Waals surface area (Å²) in [5, 5.41) is 0. The van der Waals surface area contributed by atoms with Crippen molar-refractivity contribution in [1.82, 2.24) is 14.0 Å². The molecule has 0 saturated carbocycles. The number of hydrogen-bond acceptors (Lipinski definition) is 6. The molecule has 0 amide bonds. The summed E-state index contributed by atoms with van der Waals surface area (Å²) in [6.45, 7) is 6.84. The molecule has 1 fully saturated rings. The third kappa shape index (κ3) is 3.47. The van der Waals surface area contributed by atoms with Gasteiger partial charge in [-0.15, -0.1) is 0 Å². The fraction of sp³-hybridized carbons (Fsp3) is 0.450. The summed E-state index contributed by atoms with van der Waals surface area (Å²) in [7, 11) is 2.81. The number of Topliss-reactive ketones (excluding diaryl/α,β-unsaturated/α-hetero) is 1. The first-order valence-electron chi connectivity index (χ1n) is 9.37. The smallest absolute Gasteiger partial charge is 0.332 e. The van der Waals surface area contributed by atoms with E-state index >= 15 is 0 Å². The van der Waals surface area contributed by atoms with E-state index in [1.165, 1.54) is 25.3 Å². The first kappa shape index (κ1) is 19.9. The number of aryl methyl sites for hydroxylation is 1. The predicted molar refractivity (Wildman–Crippen MR) is 110 cm³/mol. The standard InChI is InChI=1S/C20H27N5O3/c1-13-6-5-7-15(12-13)25-10-8-24(9-11-25)14(2)17(26)16-18(21)22(3)20(28)23(4)19(16)27/h5-7,12,14H,8-11,21H2,1-4H3. The number of carbonyl (C=O) groups excluding carboxylic acids is 1. The van der Waals surface area contributed by atoms with E-state index in [-0.39, 0.29) is 17.2 Å². The number of anilines is 2. The molecule has 8 heteroatoms. The van der Waals surface area contributed by atoms with Crippen LogP contribution >= 0.6 is 0 Å². The van der Waals surface area contributed by atoms with Gasteiger partial charge in [-0.3, -0.25) is 23.6 Å². The third-order valence-electron chi connectivity index (χ3n) is 5.56. The quantitative estimate of drug-likeness (QED) is 0.765. The van der Waals surface area contributed by atoms with Crippen LogP contribution in [0.3, 0.4) is 0 Å². The van der Waals surface area contributed by atoms with Gasteiger partial charge in [0.2, 0.25) is 0 Å². The van der Waals surface area contributed by atoms with Crippen molar-refractivity contribution in [3.63, 3.8) is 0 Å². The average Bonchev–Trinajstić information content (AvgIpc) is 2.70. The fourth-order valence-corrected chi connectivity index (χ4v) is 3.66. The molecule has 1 aliphatic rings. The van der Waals surface area contributed by atoms with Crippen molar-refractivity contribution in [3.05, 3.63) is 56.2 Å². The van der Waals surface area contributed by atoms with Gasteiger partial charge in [-0.1, -0.05) is 12.1 Å². The van der Waals surface area contributed by atoms with Crippen molar-refractivity contribution in [1.29, 1.82) is 0 Å². The van der Waals surface area contributed by atoms with Crippen molar-refractivity contribution >= 4 is 17.3 Å². The Balaban J connectivity index is 1.77. The van der Waals surface area contributed by atoms with E-state index in [1.807, 2.05) is 6.07 Å².